The molecule has 4 rings (SSSR count). The third-order valence-corrected chi connectivity index (χ3v) is 13.9. The summed E-state index contributed by atoms with van der Waals surface area (Å²) in [5.74, 6) is 0. The Morgan fingerprint density at radius 1 is 0.448 bits per heavy atom. The fourth-order valence-corrected chi connectivity index (χ4v) is 13.5. The van der Waals surface area contributed by atoms with Gasteiger partial charge in [0.25, 0.3) is 0 Å². The lowest BCUT2D eigenvalue weighted by Crippen LogP contribution is -2.32. The highest BCUT2D eigenvalue weighted by molar-refractivity contribution is 14.1. The maximum absolute atomic E-state index is 2.77. The second-order valence-corrected chi connectivity index (χ2v) is 16.3. The second kappa shape index (κ2) is 9.52. The van der Waals surface area contributed by atoms with E-state index < -0.39 is 15.8 Å². The summed E-state index contributed by atoms with van der Waals surface area (Å²) in [7, 11) is -1.13. The topological polar surface area (TPSA) is 0 Å². The first kappa shape index (κ1) is 20.7. The maximum atomic E-state index is 2.77. The zero-order valence-corrected chi connectivity index (χ0v) is 20.3. The number of hydrogen-bond acceptors (Lipinski definition) is 0. The number of benzene rings is 4. The van der Waals surface area contributed by atoms with Crippen molar-refractivity contribution in [2.75, 3.05) is 0 Å². The first-order valence-corrected chi connectivity index (χ1v) is 13.4. The van der Waals surface area contributed by atoms with Crippen LogP contribution in [0, 0.1) is 0 Å². The zero-order chi connectivity index (χ0) is 20.1. The molecule has 0 radical (unpaired) electrons. The van der Waals surface area contributed by atoms with E-state index in [0.29, 0.717) is 0 Å². The van der Waals surface area contributed by atoms with Gasteiger partial charge in [-0.25, -0.2) is 0 Å². The summed E-state index contributed by atoms with van der Waals surface area (Å²) < 4.78 is 0.0494. The van der Waals surface area contributed by atoms with Gasteiger partial charge >= 0.3 is 0 Å². The summed E-state index contributed by atoms with van der Waals surface area (Å²) in [6.07, 6.45) is 0. The van der Waals surface area contributed by atoms with Gasteiger partial charge in [-0.3, -0.25) is 0 Å². The molecule has 0 bridgehead atoms. The van der Waals surface area contributed by atoms with Gasteiger partial charge in [-0.05, 0) is 44.0 Å². The summed E-state index contributed by atoms with van der Waals surface area (Å²) in [6.45, 7) is 2.46. The minimum Gasteiger partial charge on any atom is -0.0675 e. The molecule has 0 aliphatic rings. The van der Waals surface area contributed by atoms with Crippen LogP contribution >= 0.6 is 38.4 Å². The maximum Gasteiger partial charge on any atom is 0.0749 e. The van der Waals surface area contributed by atoms with Crippen molar-refractivity contribution in [3.8, 4) is 0 Å². The lowest BCUT2D eigenvalue weighted by atomic mass is 10.4. The average molecular weight is 524 g/mol. The molecule has 0 aliphatic carbocycles. The van der Waals surface area contributed by atoms with Crippen LogP contribution in [0.5, 0.6) is 0 Å². The standard InChI is InChI=1S/C26H23IP2/c1-26(27,28(22-14-6-2-7-15-22)23-16-8-3-9-17-23)29(24-18-10-4-11-19-24)25-20-12-5-13-21-25/h2-21H,1H3. The van der Waals surface area contributed by atoms with Crippen LogP contribution in [0.25, 0.3) is 0 Å². The second-order valence-electron chi connectivity index (χ2n) is 6.92. The molecule has 4 aromatic carbocycles. The molecule has 0 aromatic heterocycles. The molecule has 4 aromatic rings. The predicted molar refractivity (Wildman–Crippen MR) is 141 cm³/mol. The number of alkyl halides is 1. The van der Waals surface area contributed by atoms with Gasteiger partial charge in [0.2, 0.25) is 0 Å². The van der Waals surface area contributed by atoms with Gasteiger partial charge in [-0.1, -0.05) is 144 Å². The van der Waals surface area contributed by atoms with Crippen molar-refractivity contribution < 1.29 is 0 Å². The fourth-order valence-electron chi connectivity index (χ4n) is 3.65. The first-order chi connectivity index (χ1) is 14.2. The summed E-state index contributed by atoms with van der Waals surface area (Å²) in [6, 6.07) is 44.3. The Labute approximate surface area is 190 Å². The number of hydrogen-bond donors (Lipinski definition) is 0. The quantitative estimate of drug-likeness (QED) is 0.157. The van der Waals surface area contributed by atoms with Crippen molar-refractivity contribution in [2.45, 2.75) is 9.83 Å². The lowest BCUT2D eigenvalue weighted by molar-refractivity contribution is 1.34. The van der Waals surface area contributed by atoms with E-state index in [1.165, 1.54) is 21.2 Å². The van der Waals surface area contributed by atoms with Crippen LogP contribution in [0.2, 0.25) is 0 Å². The number of rotatable bonds is 6. The molecule has 3 heteroatoms. The Bertz CT molecular complexity index is 855. The van der Waals surface area contributed by atoms with E-state index in [0.717, 1.165) is 0 Å². The minimum absolute atomic E-state index is 0.0494. The van der Waals surface area contributed by atoms with Crippen LogP contribution < -0.4 is 21.2 Å². The minimum atomic E-state index is -0.565. The van der Waals surface area contributed by atoms with E-state index in [2.05, 4.69) is 151 Å². The summed E-state index contributed by atoms with van der Waals surface area (Å²) >= 11 is 2.77. The number of halogens is 1. The molecule has 144 valence electrons. The Hall–Kier alpha value is -1.53. The van der Waals surface area contributed by atoms with Gasteiger partial charge in [-0.15, -0.1) is 0 Å². The van der Waals surface area contributed by atoms with E-state index in [-0.39, 0.29) is 2.90 Å². The van der Waals surface area contributed by atoms with E-state index in [1.807, 2.05) is 0 Å². The Morgan fingerprint density at radius 2 is 0.655 bits per heavy atom. The van der Waals surface area contributed by atoms with Gasteiger partial charge < -0.3 is 0 Å². The van der Waals surface area contributed by atoms with Crippen LogP contribution in [-0.4, -0.2) is 2.90 Å². The lowest BCUT2D eigenvalue weighted by Gasteiger charge is -2.41. The molecule has 0 saturated heterocycles. The fraction of sp³-hybridized carbons (Fsp3) is 0.0769. The van der Waals surface area contributed by atoms with Gasteiger partial charge in [0, 0.05) is 0 Å². The summed E-state index contributed by atoms with van der Waals surface area (Å²) in [5.41, 5.74) is 0. The van der Waals surface area contributed by atoms with Crippen LogP contribution in [0.3, 0.4) is 0 Å². The van der Waals surface area contributed by atoms with Crippen molar-refractivity contribution in [3.05, 3.63) is 121 Å². The highest BCUT2D eigenvalue weighted by Gasteiger charge is 2.42. The van der Waals surface area contributed by atoms with Crippen LogP contribution in [0.4, 0.5) is 0 Å². The molecule has 29 heavy (non-hydrogen) atoms. The third-order valence-electron chi connectivity index (χ3n) is 4.87. The van der Waals surface area contributed by atoms with Gasteiger partial charge in [-0.2, -0.15) is 0 Å². The van der Waals surface area contributed by atoms with E-state index >= 15 is 0 Å². The normalized spacial score (nSPS) is 11.7. The van der Waals surface area contributed by atoms with Crippen LogP contribution in [0.15, 0.2) is 121 Å². The molecule has 0 aliphatic heterocycles. The van der Waals surface area contributed by atoms with Gasteiger partial charge in [0.1, 0.15) is 0 Å². The molecule has 0 unspecified atom stereocenters. The Morgan fingerprint density at radius 3 is 0.862 bits per heavy atom. The molecule has 0 heterocycles. The highest BCUT2D eigenvalue weighted by atomic mass is 127. The van der Waals surface area contributed by atoms with Crippen molar-refractivity contribution in [1.82, 2.24) is 0 Å². The molecule has 0 N–H and O–H groups in total. The molecule has 0 nitrogen and oxygen atoms in total. The SMILES string of the molecule is CC(I)(P(c1ccccc1)c1ccccc1)P(c1ccccc1)c1ccccc1. The molecular weight excluding hydrogens is 501 g/mol. The molecular formula is C26H23IP2. The zero-order valence-electron chi connectivity index (χ0n) is 16.3. The predicted octanol–water partition coefficient (Wildman–Crippen LogP) is 6.36. The monoisotopic (exact) mass is 524 g/mol. The van der Waals surface area contributed by atoms with Gasteiger partial charge in [0.05, 0.1) is 2.90 Å². The third kappa shape index (κ3) is 4.64. The molecule has 0 amide bonds. The summed E-state index contributed by atoms with van der Waals surface area (Å²) in [5, 5.41) is 5.74. The molecule has 0 atom stereocenters. The van der Waals surface area contributed by atoms with Crippen molar-refractivity contribution in [3.63, 3.8) is 0 Å². The molecule has 0 saturated carbocycles. The molecule has 0 spiro atoms. The van der Waals surface area contributed by atoms with Gasteiger partial charge in [0.15, 0.2) is 0 Å². The largest absolute Gasteiger partial charge is 0.0749 e. The van der Waals surface area contributed by atoms with E-state index in [1.54, 1.807) is 0 Å². The van der Waals surface area contributed by atoms with Crippen molar-refractivity contribution in [1.29, 1.82) is 0 Å². The first-order valence-electron chi connectivity index (χ1n) is 9.67. The smallest absolute Gasteiger partial charge is 0.0675 e. The van der Waals surface area contributed by atoms with Crippen molar-refractivity contribution >= 4 is 59.7 Å². The van der Waals surface area contributed by atoms with E-state index in [4.69, 9.17) is 0 Å². The van der Waals surface area contributed by atoms with Crippen LogP contribution in [0.1, 0.15) is 6.92 Å². The highest BCUT2D eigenvalue weighted by Crippen LogP contribution is 2.68. The van der Waals surface area contributed by atoms with Crippen molar-refractivity contribution in [2.24, 2.45) is 0 Å². The summed E-state index contributed by atoms with van der Waals surface area (Å²) in [4.78, 5) is 0. The van der Waals surface area contributed by atoms with Crippen LogP contribution in [-0.2, 0) is 0 Å². The average Bonchev–Trinajstić information content (AvgIpc) is 2.77. The van der Waals surface area contributed by atoms with E-state index in [9.17, 15) is 0 Å². The Balaban J connectivity index is 1.91. The Kier molecular flexibility index (Phi) is 6.81. The molecule has 0 fully saturated rings.